The lowest BCUT2D eigenvalue weighted by Crippen LogP contribution is -2.24. The van der Waals surface area contributed by atoms with Crippen LogP contribution in [0.2, 0.25) is 10.0 Å². The Morgan fingerprint density at radius 3 is 2.53 bits per heavy atom. The first-order valence-corrected chi connectivity index (χ1v) is 5.65. The number of carbonyl (C=O) groups excluding carboxylic acids is 1. The van der Waals surface area contributed by atoms with E-state index in [1.807, 2.05) is 24.1 Å². The van der Waals surface area contributed by atoms with Gasteiger partial charge in [-0.3, -0.25) is 4.79 Å². The molecule has 0 radical (unpaired) electrons. The number of benzene rings is 1. The van der Waals surface area contributed by atoms with E-state index in [2.05, 4.69) is 0 Å². The lowest BCUT2D eigenvalue weighted by atomic mass is 10.2. The topological polar surface area (TPSA) is 46.3 Å². The highest BCUT2D eigenvalue weighted by Gasteiger charge is 2.04. The summed E-state index contributed by atoms with van der Waals surface area (Å²) in [6, 6.07) is 5.50. The number of nitrogens with two attached hydrogens (primary N) is 1. The van der Waals surface area contributed by atoms with E-state index in [0.717, 1.165) is 5.56 Å². The molecule has 0 aliphatic rings. The summed E-state index contributed by atoms with van der Waals surface area (Å²) in [4.78, 5) is 12.6. The molecule has 0 saturated carbocycles. The largest absolute Gasteiger partial charge is 0.370 e. The Morgan fingerprint density at radius 1 is 1.35 bits per heavy atom. The highest BCUT2D eigenvalue weighted by molar-refractivity contribution is 6.42. The number of carbonyl (C=O) groups is 1. The normalized spacial score (nSPS) is 10.1. The predicted octanol–water partition coefficient (Wildman–Crippen LogP) is 2.72. The molecular formula is C11H15Cl3N2O. The molecule has 0 aromatic heterocycles. The van der Waals surface area contributed by atoms with Crippen molar-refractivity contribution in [1.29, 1.82) is 0 Å². The van der Waals surface area contributed by atoms with Crippen LogP contribution in [-0.4, -0.2) is 24.4 Å². The first kappa shape index (κ1) is 16.5. The summed E-state index contributed by atoms with van der Waals surface area (Å²) in [6.45, 7) is 1.35. The fourth-order valence-electron chi connectivity index (χ4n) is 1.33. The van der Waals surface area contributed by atoms with Crippen molar-refractivity contribution in [2.75, 3.05) is 13.6 Å². The van der Waals surface area contributed by atoms with Crippen LogP contribution in [0.15, 0.2) is 18.2 Å². The van der Waals surface area contributed by atoms with Gasteiger partial charge in [0.05, 0.1) is 10.0 Å². The van der Waals surface area contributed by atoms with Crippen LogP contribution < -0.4 is 5.73 Å². The Labute approximate surface area is 117 Å². The molecule has 0 saturated heterocycles. The Balaban J connectivity index is 0.00000256. The van der Waals surface area contributed by atoms with Gasteiger partial charge in [0.15, 0.2) is 0 Å². The van der Waals surface area contributed by atoms with E-state index >= 15 is 0 Å². The lowest BCUT2D eigenvalue weighted by Gasteiger charge is -2.15. The van der Waals surface area contributed by atoms with Crippen molar-refractivity contribution in [2.45, 2.75) is 13.0 Å². The van der Waals surface area contributed by atoms with Crippen LogP contribution in [0.25, 0.3) is 0 Å². The predicted molar refractivity (Wildman–Crippen MR) is 73.9 cm³/mol. The second kappa shape index (κ2) is 7.77. The van der Waals surface area contributed by atoms with Gasteiger partial charge < -0.3 is 10.6 Å². The molecule has 0 unspecified atom stereocenters. The molecular weight excluding hydrogens is 282 g/mol. The standard InChI is InChI=1S/C11H14Cl2N2O.ClH/c1-15(5-4-11(14)16)7-8-2-3-9(12)10(13)6-8;/h2-3,6H,4-5,7H2,1H3,(H2,14,16);1H. The maximum atomic E-state index is 10.6. The second-order valence-corrected chi connectivity index (χ2v) is 4.52. The Bertz CT molecular complexity index is 385. The van der Waals surface area contributed by atoms with Crippen molar-refractivity contribution in [1.82, 2.24) is 4.90 Å². The number of amides is 1. The van der Waals surface area contributed by atoms with Crippen molar-refractivity contribution in [3.63, 3.8) is 0 Å². The van der Waals surface area contributed by atoms with E-state index < -0.39 is 0 Å². The molecule has 1 aromatic rings. The maximum absolute atomic E-state index is 10.6. The Morgan fingerprint density at radius 2 is 2.00 bits per heavy atom. The van der Waals surface area contributed by atoms with Crippen molar-refractivity contribution >= 4 is 41.5 Å². The van der Waals surface area contributed by atoms with Gasteiger partial charge in [0, 0.05) is 19.5 Å². The molecule has 6 heteroatoms. The Hall–Kier alpha value is -0.480. The van der Waals surface area contributed by atoms with Crippen LogP contribution in [-0.2, 0) is 11.3 Å². The number of halogens is 3. The third-order valence-corrected chi connectivity index (χ3v) is 2.92. The average Bonchev–Trinajstić information content (AvgIpc) is 2.21. The molecule has 3 nitrogen and oxygen atoms in total. The fourth-order valence-corrected chi connectivity index (χ4v) is 1.65. The van der Waals surface area contributed by atoms with E-state index in [-0.39, 0.29) is 18.3 Å². The highest BCUT2D eigenvalue weighted by Crippen LogP contribution is 2.23. The molecule has 0 atom stereocenters. The molecule has 2 N–H and O–H groups in total. The number of nitrogens with zero attached hydrogens (tertiary/aromatic N) is 1. The van der Waals surface area contributed by atoms with Crippen molar-refractivity contribution in [3.05, 3.63) is 33.8 Å². The number of hydrogen-bond acceptors (Lipinski definition) is 2. The van der Waals surface area contributed by atoms with Gasteiger partial charge >= 0.3 is 0 Å². The summed E-state index contributed by atoms with van der Waals surface area (Å²) in [5.74, 6) is -0.291. The van der Waals surface area contributed by atoms with Crippen LogP contribution in [0.3, 0.4) is 0 Å². The second-order valence-electron chi connectivity index (χ2n) is 3.70. The van der Waals surface area contributed by atoms with E-state index in [4.69, 9.17) is 28.9 Å². The molecule has 17 heavy (non-hydrogen) atoms. The van der Waals surface area contributed by atoms with Crippen molar-refractivity contribution < 1.29 is 4.79 Å². The van der Waals surface area contributed by atoms with Gasteiger partial charge in [-0.1, -0.05) is 29.3 Å². The summed E-state index contributed by atoms with van der Waals surface area (Å²) in [6.07, 6.45) is 0.359. The molecule has 96 valence electrons. The van der Waals surface area contributed by atoms with E-state index in [1.54, 1.807) is 6.07 Å². The summed E-state index contributed by atoms with van der Waals surface area (Å²) in [5, 5.41) is 1.09. The number of rotatable bonds is 5. The van der Waals surface area contributed by atoms with E-state index in [1.165, 1.54) is 0 Å². The van der Waals surface area contributed by atoms with Crippen molar-refractivity contribution in [3.8, 4) is 0 Å². The molecule has 0 bridgehead atoms. The lowest BCUT2D eigenvalue weighted by molar-refractivity contribution is -0.118. The minimum absolute atomic E-state index is 0. The summed E-state index contributed by atoms with van der Waals surface area (Å²) in [7, 11) is 1.92. The Kier molecular flexibility index (Phi) is 7.55. The van der Waals surface area contributed by atoms with Gasteiger partial charge in [-0.05, 0) is 24.7 Å². The SMILES string of the molecule is CN(CCC(N)=O)Cc1ccc(Cl)c(Cl)c1.Cl. The summed E-state index contributed by atoms with van der Waals surface area (Å²) in [5.41, 5.74) is 6.13. The van der Waals surface area contributed by atoms with Crippen LogP contribution >= 0.6 is 35.6 Å². The van der Waals surface area contributed by atoms with Gasteiger partial charge in [0.25, 0.3) is 0 Å². The summed E-state index contributed by atoms with van der Waals surface area (Å²) >= 11 is 11.7. The number of hydrogen-bond donors (Lipinski definition) is 1. The maximum Gasteiger partial charge on any atom is 0.218 e. The van der Waals surface area contributed by atoms with Crippen LogP contribution in [0, 0.1) is 0 Å². The van der Waals surface area contributed by atoms with Gasteiger partial charge in [-0.25, -0.2) is 0 Å². The van der Waals surface area contributed by atoms with Gasteiger partial charge in [0.2, 0.25) is 5.91 Å². The zero-order valence-electron chi connectivity index (χ0n) is 9.45. The molecule has 0 spiro atoms. The third-order valence-electron chi connectivity index (χ3n) is 2.18. The van der Waals surface area contributed by atoms with Gasteiger partial charge in [-0.15, -0.1) is 12.4 Å². The zero-order chi connectivity index (χ0) is 12.1. The molecule has 1 aromatic carbocycles. The fraction of sp³-hybridized carbons (Fsp3) is 0.364. The quantitative estimate of drug-likeness (QED) is 0.908. The highest BCUT2D eigenvalue weighted by atomic mass is 35.5. The van der Waals surface area contributed by atoms with Crippen LogP contribution in [0.4, 0.5) is 0 Å². The first-order valence-electron chi connectivity index (χ1n) is 4.90. The molecule has 1 amide bonds. The number of primary amides is 1. The third kappa shape index (κ3) is 6.13. The minimum atomic E-state index is -0.291. The molecule has 0 fully saturated rings. The first-order chi connectivity index (χ1) is 7.49. The van der Waals surface area contributed by atoms with Crippen molar-refractivity contribution in [2.24, 2.45) is 5.73 Å². The van der Waals surface area contributed by atoms with Gasteiger partial charge in [0.1, 0.15) is 0 Å². The van der Waals surface area contributed by atoms with E-state index in [0.29, 0.717) is 29.6 Å². The minimum Gasteiger partial charge on any atom is -0.370 e. The van der Waals surface area contributed by atoms with Crippen LogP contribution in [0.1, 0.15) is 12.0 Å². The average molecular weight is 298 g/mol. The molecule has 0 aliphatic carbocycles. The van der Waals surface area contributed by atoms with Crippen LogP contribution in [0.5, 0.6) is 0 Å². The van der Waals surface area contributed by atoms with E-state index in [9.17, 15) is 4.79 Å². The molecule has 0 heterocycles. The summed E-state index contributed by atoms with van der Waals surface area (Å²) < 4.78 is 0. The zero-order valence-corrected chi connectivity index (χ0v) is 11.8. The van der Waals surface area contributed by atoms with Gasteiger partial charge in [-0.2, -0.15) is 0 Å². The molecule has 0 aliphatic heterocycles. The monoisotopic (exact) mass is 296 g/mol. The smallest absolute Gasteiger partial charge is 0.218 e. The molecule has 1 rings (SSSR count).